The lowest BCUT2D eigenvalue weighted by molar-refractivity contribution is 0.0848. The molecule has 22 heavy (non-hydrogen) atoms. The summed E-state index contributed by atoms with van der Waals surface area (Å²) in [6.45, 7) is 0. The Kier molecular flexibility index (Phi) is 3.42. The largest absolute Gasteiger partial charge is 0.388 e. The highest BCUT2D eigenvalue weighted by atomic mass is 16.3. The monoisotopic (exact) mass is 296 g/mol. The van der Waals surface area contributed by atoms with Crippen LogP contribution in [-0.2, 0) is 0 Å². The van der Waals surface area contributed by atoms with E-state index in [1.54, 1.807) is 12.4 Å². The lowest BCUT2D eigenvalue weighted by Crippen LogP contribution is -2.15. The number of nitrogens with one attached hydrogen (secondary N) is 1. The lowest BCUT2D eigenvalue weighted by atomic mass is 9.83. The Morgan fingerprint density at radius 2 is 2.09 bits per heavy atom. The van der Waals surface area contributed by atoms with Crippen molar-refractivity contribution >= 4 is 11.0 Å². The molecule has 1 atom stereocenters. The van der Waals surface area contributed by atoms with Gasteiger partial charge in [0, 0.05) is 29.5 Å². The molecule has 1 aliphatic rings. The highest BCUT2D eigenvalue weighted by molar-refractivity contribution is 5.84. The van der Waals surface area contributed by atoms with E-state index < -0.39 is 6.10 Å². The van der Waals surface area contributed by atoms with Crippen LogP contribution in [0.1, 0.15) is 43.8 Å². The molecule has 114 valence electrons. The SMILES string of the molecule is OC(c1cnn(-c2ccnc3[nH]ccc23)c1)C1CCCCC1. The first-order valence-corrected chi connectivity index (χ1v) is 7.98. The first-order chi connectivity index (χ1) is 10.8. The van der Waals surface area contributed by atoms with Gasteiger partial charge in [-0.1, -0.05) is 19.3 Å². The second-order valence-electron chi connectivity index (χ2n) is 6.13. The summed E-state index contributed by atoms with van der Waals surface area (Å²) in [7, 11) is 0. The van der Waals surface area contributed by atoms with Crippen LogP contribution in [0.5, 0.6) is 0 Å². The maximum absolute atomic E-state index is 10.6. The lowest BCUT2D eigenvalue weighted by Gasteiger charge is -2.25. The molecule has 1 fully saturated rings. The number of fused-ring (bicyclic) bond motifs is 1. The van der Waals surface area contributed by atoms with Gasteiger partial charge in [-0.15, -0.1) is 0 Å². The van der Waals surface area contributed by atoms with Crippen molar-refractivity contribution in [1.29, 1.82) is 0 Å². The molecular weight excluding hydrogens is 276 g/mol. The van der Waals surface area contributed by atoms with E-state index in [2.05, 4.69) is 15.1 Å². The van der Waals surface area contributed by atoms with E-state index in [-0.39, 0.29) is 0 Å². The molecule has 0 aliphatic heterocycles. The van der Waals surface area contributed by atoms with Crippen LogP contribution >= 0.6 is 0 Å². The van der Waals surface area contributed by atoms with Crippen molar-refractivity contribution in [1.82, 2.24) is 19.7 Å². The molecule has 3 heterocycles. The summed E-state index contributed by atoms with van der Waals surface area (Å²) in [5.74, 6) is 0.371. The van der Waals surface area contributed by atoms with Crippen molar-refractivity contribution in [3.8, 4) is 5.69 Å². The highest BCUT2D eigenvalue weighted by Gasteiger charge is 2.24. The number of rotatable bonds is 3. The molecule has 0 spiro atoms. The van der Waals surface area contributed by atoms with Gasteiger partial charge in [-0.2, -0.15) is 5.10 Å². The minimum Gasteiger partial charge on any atom is -0.388 e. The van der Waals surface area contributed by atoms with Crippen molar-refractivity contribution in [3.63, 3.8) is 0 Å². The Bertz CT molecular complexity index is 770. The van der Waals surface area contributed by atoms with Gasteiger partial charge in [0.2, 0.25) is 0 Å². The van der Waals surface area contributed by atoms with Gasteiger partial charge in [-0.25, -0.2) is 9.67 Å². The van der Waals surface area contributed by atoms with E-state index in [9.17, 15) is 5.11 Å². The fourth-order valence-electron chi connectivity index (χ4n) is 3.49. The second kappa shape index (κ2) is 5.57. The quantitative estimate of drug-likeness (QED) is 0.778. The highest BCUT2D eigenvalue weighted by Crippen LogP contribution is 2.34. The van der Waals surface area contributed by atoms with Crippen LogP contribution in [0.2, 0.25) is 0 Å². The smallest absolute Gasteiger partial charge is 0.139 e. The average molecular weight is 296 g/mol. The van der Waals surface area contributed by atoms with E-state index in [4.69, 9.17) is 0 Å². The third kappa shape index (κ3) is 2.31. The van der Waals surface area contributed by atoms with E-state index in [0.29, 0.717) is 5.92 Å². The maximum atomic E-state index is 10.6. The minimum absolute atomic E-state index is 0.371. The summed E-state index contributed by atoms with van der Waals surface area (Å²) in [6.07, 6.45) is 13.0. The van der Waals surface area contributed by atoms with Gasteiger partial charge in [-0.3, -0.25) is 0 Å². The first kappa shape index (κ1) is 13.5. The number of pyridine rings is 1. The summed E-state index contributed by atoms with van der Waals surface area (Å²) in [4.78, 5) is 7.41. The molecule has 0 radical (unpaired) electrons. The topological polar surface area (TPSA) is 66.7 Å². The van der Waals surface area contributed by atoms with Crippen LogP contribution in [0.15, 0.2) is 36.9 Å². The zero-order chi connectivity index (χ0) is 14.9. The number of nitrogens with zero attached hydrogens (tertiary/aromatic N) is 3. The number of H-pyrrole nitrogens is 1. The fraction of sp³-hybridized carbons (Fsp3) is 0.412. The summed E-state index contributed by atoms with van der Waals surface area (Å²) in [6, 6.07) is 3.94. The van der Waals surface area contributed by atoms with Gasteiger partial charge in [0.1, 0.15) is 5.65 Å². The number of aliphatic hydroxyl groups excluding tert-OH is 1. The number of aromatic amines is 1. The molecule has 0 aromatic carbocycles. The maximum Gasteiger partial charge on any atom is 0.139 e. The molecule has 5 nitrogen and oxygen atoms in total. The Morgan fingerprint density at radius 3 is 2.95 bits per heavy atom. The molecule has 2 N–H and O–H groups in total. The molecule has 3 aromatic rings. The van der Waals surface area contributed by atoms with Crippen molar-refractivity contribution in [3.05, 3.63) is 42.5 Å². The molecule has 1 saturated carbocycles. The third-order valence-electron chi connectivity index (χ3n) is 4.72. The normalized spacial score (nSPS) is 17.9. The molecular formula is C17H20N4O. The number of hydrogen-bond donors (Lipinski definition) is 2. The van der Waals surface area contributed by atoms with Crippen molar-refractivity contribution in [2.75, 3.05) is 0 Å². The molecule has 5 heteroatoms. The molecule has 0 amide bonds. The van der Waals surface area contributed by atoms with Crippen LogP contribution in [-0.4, -0.2) is 24.9 Å². The first-order valence-electron chi connectivity index (χ1n) is 7.98. The van der Waals surface area contributed by atoms with Gasteiger partial charge in [-0.05, 0) is 30.9 Å². The van der Waals surface area contributed by atoms with Crippen molar-refractivity contribution < 1.29 is 5.11 Å². The van der Waals surface area contributed by atoms with Crippen LogP contribution in [0.25, 0.3) is 16.7 Å². The summed E-state index contributed by atoms with van der Waals surface area (Å²) >= 11 is 0. The van der Waals surface area contributed by atoms with Crippen LogP contribution in [0.4, 0.5) is 0 Å². The van der Waals surface area contributed by atoms with Crippen molar-refractivity contribution in [2.45, 2.75) is 38.2 Å². The molecule has 1 aliphatic carbocycles. The Balaban J connectivity index is 1.65. The fourth-order valence-corrected chi connectivity index (χ4v) is 3.49. The minimum atomic E-state index is -0.405. The zero-order valence-corrected chi connectivity index (χ0v) is 12.4. The predicted molar refractivity (Wildman–Crippen MR) is 84.8 cm³/mol. The van der Waals surface area contributed by atoms with Crippen LogP contribution < -0.4 is 0 Å². The molecule has 0 saturated heterocycles. The number of aromatic nitrogens is 4. The van der Waals surface area contributed by atoms with E-state index in [1.165, 1.54) is 19.3 Å². The van der Waals surface area contributed by atoms with Gasteiger partial charge < -0.3 is 10.1 Å². The second-order valence-corrected chi connectivity index (χ2v) is 6.13. The van der Waals surface area contributed by atoms with Gasteiger partial charge in [0.05, 0.1) is 18.0 Å². The van der Waals surface area contributed by atoms with Crippen molar-refractivity contribution in [2.24, 2.45) is 5.92 Å². The summed E-state index contributed by atoms with van der Waals surface area (Å²) < 4.78 is 1.83. The Labute approximate surface area is 129 Å². The Morgan fingerprint density at radius 1 is 1.23 bits per heavy atom. The molecule has 3 aromatic heterocycles. The Hall–Kier alpha value is -2.14. The standard InChI is InChI=1S/C17H20N4O/c22-16(12-4-2-1-3-5-12)13-10-20-21(11-13)15-7-9-19-17-14(15)6-8-18-17/h6-12,16,22H,1-5H2,(H,18,19). The van der Waals surface area contributed by atoms with E-state index in [1.807, 2.05) is 29.2 Å². The van der Waals surface area contributed by atoms with Gasteiger partial charge >= 0.3 is 0 Å². The van der Waals surface area contributed by atoms with Gasteiger partial charge in [0.25, 0.3) is 0 Å². The molecule has 1 unspecified atom stereocenters. The summed E-state index contributed by atoms with van der Waals surface area (Å²) in [5, 5.41) is 16.1. The van der Waals surface area contributed by atoms with E-state index >= 15 is 0 Å². The average Bonchev–Trinajstić information content (AvgIpc) is 3.24. The van der Waals surface area contributed by atoms with E-state index in [0.717, 1.165) is 35.1 Å². The van der Waals surface area contributed by atoms with Crippen LogP contribution in [0.3, 0.4) is 0 Å². The molecule has 0 bridgehead atoms. The number of hydrogen-bond acceptors (Lipinski definition) is 3. The zero-order valence-electron chi connectivity index (χ0n) is 12.4. The van der Waals surface area contributed by atoms with Gasteiger partial charge in [0.15, 0.2) is 0 Å². The molecule has 4 rings (SSSR count). The van der Waals surface area contributed by atoms with Crippen LogP contribution in [0, 0.1) is 5.92 Å². The number of aliphatic hydroxyl groups is 1. The predicted octanol–water partition coefficient (Wildman–Crippen LogP) is 3.36. The third-order valence-corrected chi connectivity index (χ3v) is 4.72. The summed E-state index contributed by atoms with van der Waals surface area (Å²) in [5.41, 5.74) is 2.74.